The minimum atomic E-state index is -0.0362. The molecule has 1 heterocycles. The second-order valence-electron chi connectivity index (χ2n) is 6.62. The second kappa shape index (κ2) is 8.72. The van der Waals surface area contributed by atoms with Crippen LogP contribution in [0.25, 0.3) is 5.76 Å². The maximum absolute atomic E-state index is 12.5. The summed E-state index contributed by atoms with van der Waals surface area (Å²) in [5.74, 6) is -0.0511. The molecule has 0 bridgehead atoms. The van der Waals surface area contributed by atoms with Crippen molar-refractivity contribution in [3.63, 3.8) is 0 Å². The highest BCUT2D eigenvalue weighted by molar-refractivity contribution is 6.30. The van der Waals surface area contributed by atoms with Crippen LogP contribution in [0, 0.1) is 5.92 Å². The molecule has 2 aromatic rings. The fraction of sp³-hybridized carbons (Fsp3) is 0.286. The monoisotopic (exact) mass is 389 g/mol. The van der Waals surface area contributed by atoms with E-state index in [-0.39, 0.29) is 17.5 Å². The average molecular weight is 390 g/mol. The standard InChI is InChI=1S/C21H21Cl2NO2/c22-18-5-1-15(2-6-18)14-24-11-9-17(10-12-24)21(26)13-20(25)16-3-7-19(23)8-4-16/h1-8,13,17,25H,9-12,14H2. The number of allylic oxidation sites excluding steroid dienone is 1. The molecular formula is C21H21Cl2NO2. The van der Waals surface area contributed by atoms with Gasteiger partial charge in [-0.05, 0) is 67.9 Å². The van der Waals surface area contributed by atoms with Crippen molar-refractivity contribution in [2.75, 3.05) is 13.1 Å². The minimum Gasteiger partial charge on any atom is -0.507 e. The summed E-state index contributed by atoms with van der Waals surface area (Å²) in [4.78, 5) is 14.8. The fourth-order valence-electron chi connectivity index (χ4n) is 3.18. The normalized spacial score (nSPS) is 16.6. The van der Waals surface area contributed by atoms with Crippen molar-refractivity contribution >= 4 is 34.7 Å². The summed E-state index contributed by atoms with van der Waals surface area (Å²) in [7, 11) is 0. The third kappa shape index (κ3) is 5.10. The van der Waals surface area contributed by atoms with Gasteiger partial charge in [0.05, 0.1) is 0 Å². The molecule has 1 fully saturated rings. The first-order chi connectivity index (χ1) is 12.5. The molecule has 1 N–H and O–H groups in total. The van der Waals surface area contributed by atoms with E-state index in [1.165, 1.54) is 11.6 Å². The van der Waals surface area contributed by atoms with Gasteiger partial charge in [-0.25, -0.2) is 0 Å². The minimum absolute atomic E-state index is 0.00439. The summed E-state index contributed by atoms with van der Waals surface area (Å²) in [5.41, 5.74) is 1.82. The number of halogens is 2. The predicted octanol–water partition coefficient (Wildman–Crippen LogP) is 5.37. The van der Waals surface area contributed by atoms with Crippen LogP contribution in [-0.4, -0.2) is 28.9 Å². The number of ketones is 1. The highest BCUT2D eigenvalue weighted by Crippen LogP contribution is 2.23. The van der Waals surface area contributed by atoms with Crippen LogP contribution in [0.2, 0.25) is 10.0 Å². The number of nitrogens with zero attached hydrogens (tertiary/aromatic N) is 1. The van der Waals surface area contributed by atoms with E-state index in [9.17, 15) is 9.90 Å². The van der Waals surface area contributed by atoms with E-state index < -0.39 is 0 Å². The van der Waals surface area contributed by atoms with E-state index in [1.807, 2.05) is 24.3 Å². The van der Waals surface area contributed by atoms with Crippen LogP contribution in [0.3, 0.4) is 0 Å². The molecule has 2 aromatic carbocycles. The van der Waals surface area contributed by atoms with Gasteiger partial charge < -0.3 is 5.11 Å². The van der Waals surface area contributed by atoms with Gasteiger partial charge in [-0.15, -0.1) is 0 Å². The summed E-state index contributed by atoms with van der Waals surface area (Å²) < 4.78 is 0. The molecule has 0 unspecified atom stereocenters. The van der Waals surface area contributed by atoms with Crippen molar-refractivity contribution in [3.05, 3.63) is 75.8 Å². The molecule has 3 nitrogen and oxygen atoms in total. The molecule has 26 heavy (non-hydrogen) atoms. The molecule has 0 atom stereocenters. The number of carbonyl (C=O) groups excluding carboxylic acids is 1. The Kier molecular flexibility index (Phi) is 6.36. The Labute approximate surface area is 163 Å². The first-order valence-electron chi connectivity index (χ1n) is 8.68. The SMILES string of the molecule is O=C(C=C(O)c1ccc(Cl)cc1)C1CCN(Cc2ccc(Cl)cc2)CC1. The largest absolute Gasteiger partial charge is 0.507 e. The zero-order valence-electron chi connectivity index (χ0n) is 14.4. The molecule has 3 rings (SSSR count). The van der Waals surface area contributed by atoms with Crippen molar-refractivity contribution in [2.45, 2.75) is 19.4 Å². The van der Waals surface area contributed by atoms with Gasteiger partial charge in [-0.1, -0.05) is 35.3 Å². The van der Waals surface area contributed by atoms with Crippen molar-refractivity contribution in [1.82, 2.24) is 4.90 Å². The van der Waals surface area contributed by atoms with Crippen molar-refractivity contribution < 1.29 is 9.90 Å². The average Bonchev–Trinajstić information content (AvgIpc) is 2.64. The van der Waals surface area contributed by atoms with E-state index >= 15 is 0 Å². The zero-order chi connectivity index (χ0) is 18.5. The summed E-state index contributed by atoms with van der Waals surface area (Å²) in [6.07, 6.45) is 2.95. The smallest absolute Gasteiger partial charge is 0.162 e. The van der Waals surface area contributed by atoms with E-state index in [0.29, 0.717) is 10.6 Å². The van der Waals surface area contributed by atoms with Crippen LogP contribution in [0.15, 0.2) is 54.6 Å². The highest BCUT2D eigenvalue weighted by Gasteiger charge is 2.24. The number of aliphatic hydroxyl groups excluding tert-OH is 1. The van der Waals surface area contributed by atoms with Crippen LogP contribution in [-0.2, 0) is 11.3 Å². The van der Waals surface area contributed by atoms with Crippen LogP contribution in [0.1, 0.15) is 24.0 Å². The second-order valence-corrected chi connectivity index (χ2v) is 7.49. The first-order valence-corrected chi connectivity index (χ1v) is 9.44. The van der Waals surface area contributed by atoms with E-state index in [2.05, 4.69) is 4.90 Å². The molecule has 0 aromatic heterocycles. The number of benzene rings is 2. The lowest BCUT2D eigenvalue weighted by Gasteiger charge is -2.30. The number of rotatable bonds is 5. The van der Waals surface area contributed by atoms with Gasteiger partial charge in [0.2, 0.25) is 0 Å². The van der Waals surface area contributed by atoms with Gasteiger partial charge in [-0.2, -0.15) is 0 Å². The maximum atomic E-state index is 12.5. The van der Waals surface area contributed by atoms with Crippen LogP contribution >= 0.6 is 23.2 Å². The first kappa shape index (κ1) is 19.0. The Morgan fingerprint density at radius 3 is 2.12 bits per heavy atom. The van der Waals surface area contributed by atoms with Crippen molar-refractivity contribution in [1.29, 1.82) is 0 Å². The number of likely N-dealkylation sites (tertiary alicyclic amines) is 1. The Morgan fingerprint density at radius 2 is 1.54 bits per heavy atom. The summed E-state index contributed by atoms with van der Waals surface area (Å²) >= 11 is 11.8. The van der Waals surface area contributed by atoms with E-state index in [4.69, 9.17) is 23.2 Å². The molecule has 5 heteroatoms. The van der Waals surface area contributed by atoms with Crippen LogP contribution < -0.4 is 0 Å². The molecule has 0 radical (unpaired) electrons. The zero-order valence-corrected chi connectivity index (χ0v) is 15.9. The van der Waals surface area contributed by atoms with Crippen molar-refractivity contribution in [3.8, 4) is 0 Å². The van der Waals surface area contributed by atoms with Gasteiger partial charge in [0.1, 0.15) is 5.76 Å². The fourth-order valence-corrected chi connectivity index (χ4v) is 3.43. The summed E-state index contributed by atoms with van der Waals surface area (Å²) in [5, 5.41) is 11.5. The summed E-state index contributed by atoms with van der Waals surface area (Å²) in [6.45, 7) is 2.60. The van der Waals surface area contributed by atoms with Crippen LogP contribution in [0.4, 0.5) is 0 Å². The number of piperidine rings is 1. The van der Waals surface area contributed by atoms with Gasteiger partial charge >= 0.3 is 0 Å². The quantitative estimate of drug-likeness (QED) is 0.551. The van der Waals surface area contributed by atoms with Gasteiger partial charge in [0, 0.05) is 34.1 Å². The molecule has 1 aliphatic rings. The molecule has 0 spiro atoms. The Balaban J connectivity index is 1.53. The number of hydrogen-bond donors (Lipinski definition) is 1. The molecule has 1 aliphatic heterocycles. The number of hydrogen-bond acceptors (Lipinski definition) is 3. The van der Waals surface area contributed by atoms with Crippen LogP contribution in [0.5, 0.6) is 0 Å². The molecule has 1 saturated heterocycles. The Hall–Kier alpha value is -1.81. The van der Waals surface area contributed by atoms with Gasteiger partial charge in [0.15, 0.2) is 5.78 Å². The number of carbonyl (C=O) groups is 1. The lowest BCUT2D eigenvalue weighted by molar-refractivity contribution is -0.119. The molecular weight excluding hydrogens is 369 g/mol. The maximum Gasteiger partial charge on any atom is 0.162 e. The highest BCUT2D eigenvalue weighted by atomic mass is 35.5. The van der Waals surface area contributed by atoms with E-state index in [0.717, 1.165) is 37.5 Å². The predicted molar refractivity (Wildman–Crippen MR) is 107 cm³/mol. The van der Waals surface area contributed by atoms with Gasteiger partial charge in [-0.3, -0.25) is 9.69 Å². The summed E-state index contributed by atoms with van der Waals surface area (Å²) in [6, 6.07) is 14.7. The van der Waals surface area contributed by atoms with Crippen molar-refractivity contribution in [2.24, 2.45) is 5.92 Å². The Morgan fingerprint density at radius 1 is 1.00 bits per heavy atom. The van der Waals surface area contributed by atoms with E-state index in [1.54, 1.807) is 24.3 Å². The Bertz CT molecular complexity index is 777. The van der Waals surface area contributed by atoms with Gasteiger partial charge in [0.25, 0.3) is 0 Å². The molecule has 136 valence electrons. The molecule has 0 aliphatic carbocycles. The third-order valence-corrected chi connectivity index (χ3v) is 5.23. The topological polar surface area (TPSA) is 40.5 Å². The third-order valence-electron chi connectivity index (χ3n) is 4.73. The molecule has 0 amide bonds. The lowest BCUT2D eigenvalue weighted by Crippen LogP contribution is -2.35. The number of aliphatic hydroxyl groups is 1. The lowest BCUT2D eigenvalue weighted by atomic mass is 9.91. The molecule has 0 saturated carbocycles.